The molecule has 2 unspecified atom stereocenters. The van der Waals surface area contributed by atoms with Crippen molar-refractivity contribution in [1.29, 1.82) is 0 Å². The van der Waals surface area contributed by atoms with Gasteiger partial charge in [0.2, 0.25) is 0 Å². The third kappa shape index (κ3) is 2.56. The maximum Gasteiger partial charge on any atom is 0.128 e. The first-order valence-electron chi connectivity index (χ1n) is 7.12. The Bertz CT molecular complexity index is 390. The van der Waals surface area contributed by atoms with Crippen molar-refractivity contribution in [3.8, 4) is 0 Å². The van der Waals surface area contributed by atoms with Crippen LogP contribution in [0, 0.1) is 11.8 Å². The van der Waals surface area contributed by atoms with E-state index in [0.717, 1.165) is 17.2 Å². The number of piperidine rings is 1. The van der Waals surface area contributed by atoms with Crippen molar-refractivity contribution in [1.82, 2.24) is 4.98 Å². The minimum Gasteiger partial charge on any atom is -0.356 e. The van der Waals surface area contributed by atoms with Gasteiger partial charge in [-0.25, -0.2) is 4.98 Å². The van der Waals surface area contributed by atoms with Crippen LogP contribution in [0.15, 0.2) is 18.3 Å². The lowest BCUT2D eigenvalue weighted by Gasteiger charge is -2.41. The van der Waals surface area contributed by atoms with Gasteiger partial charge in [0.05, 0.1) is 0 Å². The van der Waals surface area contributed by atoms with E-state index in [-0.39, 0.29) is 0 Å². The molecular formula is C15H21BrN2. The molecule has 1 aromatic rings. The van der Waals surface area contributed by atoms with Crippen LogP contribution in [0.3, 0.4) is 0 Å². The number of fused-ring (bicyclic) bond motifs is 1. The Hall–Kier alpha value is -0.570. The Morgan fingerprint density at radius 3 is 2.72 bits per heavy atom. The van der Waals surface area contributed by atoms with Gasteiger partial charge in [-0.1, -0.05) is 41.3 Å². The number of hydrogen-bond donors (Lipinski definition) is 0. The van der Waals surface area contributed by atoms with Gasteiger partial charge in [0.25, 0.3) is 0 Å². The zero-order chi connectivity index (χ0) is 12.4. The van der Waals surface area contributed by atoms with Crippen LogP contribution in [0.2, 0.25) is 0 Å². The first-order valence-corrected chi connectivity index (χ1v) is 8.25. The zero-order valence-corrected chi connectivity index (χ0v) is 12.4. The van der Waals surface area contributed by atoms with Crippen molar-refractivity contribution in [2.24, 2.45) is 11.8 Å². The van der Waals surface area contributed by atoms with Gasteiger partial charge in [-0.2, -0.15) is 0 Å². The number of alkyl halides is 1. The second kappa shape index (κ2) is 5.60. The van der Waals surface area contributed by atoms with E-state index in [1.54, 1.807) is 0 Å². The third-order valence-corrected chi connectivity index (χ3v) is 5.23. The van der Waals surface area contributed by atoms with Gasteiger partial charge in [-0.3, -0.25) is 0 Å². The molecular weight excluding hydrogens is 288 g/mol. The maximum atomic E-state index is 4.61. The smallest absolute Gasteiger partial charge is 0.128 e. The van der Waals surface area contributed by atoms with E-state index in [9.17, 15) is 0 Å². The molecule has 0 spiro atoms. The van der Waals surface area contributed by atoms with Crippen LogP contribution >= 0.6 is 15.9 Å². The summed E-state index contributed by atoms with van der Waals surface area (Å²) in [7, 11) is 0. The summed E-state index contributed by atoms with van der Waals surface area (Å²) in [5.74, 6) is 3.09. The van der Waals surface area contributed by atoms with Gasteiger partial charge in [-0.05, 0) is 36.3 Å². The normalized spacial score (nSPS) is 27.9. The fourth-order valence-electron chi connectivity index (χ4n) is 3.49. The summed E-state index contributed by atoms with van der Waals surface area (Å²) < 4.78 is 0. The van der Waals surface area contributed by atoms with E-state index < -0.39 is 0 Å². The topological polar surface area (TPSA) is 16.1 Å². The molecule has 0 radical (unpaired) electrons. The molecule has 0 bridgehead atoms. The highest BCUT2D eigenvalue weighted by Gasteiger charge is 2.31. The standard InChI is InChI=1S/C15H21BrN2/c16-9-12-5-6-15(17-10-12)18-8-7-13-3-1-2-4-14(13)11-18/h5-6,10,13-14H,1-4,7-9,11H2. The van der Waals surface area contributed by atoms with Crippen molar-refractivity contribution in [2.45, 2.75) is 37.4 Å². The minimum absolute atomic E-state index is 0.894. The van der Waals surface area contributed by atoms with Gasteiger partial charge >= 0.3 is 0 Å². The van der Waals surface area contributed by atoms with Gasteiger partial charge in [0.15, 0.2) is 0 Å². The van der Waals surface area contributed by atoms with Crippen LogP contribution in [-0.4, -0.2) is 18.1 Å². The van der Waals surface area contributed by atoms with Crippen LogP contribution in [0.4, 0.5) is 5.82 Å². The Morgan fingerprint density at radius 1 is 1.17 bits per heavy atom. The Balaban J connectivity index is 1.69. The lowest BCUT2D eigenvalue weighted by molar-refractivity contribution is 0.202. The zero-order valence-electron chi connectivity index (χ0n) is 10.8. The summed E-state index contributed by atoms with van der Waals surface area (Å²) in [4.78, 5) is 7.10. The summed E-state index contributed by atoms with van der Waals surface area (Å²) in [5.41, 5.74) is 1.26. The summed E-state index contributed by atoms with van der Waals surface area (Å²) in [5, 5.41) is 0.894. The molecule has 18 heavy (non-hydrogen) atoms. The molecule has 2 fully saturated rings. The molecule has 1 aromatic heterocycles. The van der Waals surface area contributed by atoms with Crippen LogP contribution in [0.1, 0.15) is 37.7 Å². The van der Waals surface area contributed by atoms with Crippen LogP contribution in [0.5, 0.6) is 0 Å². The van der Waals surface area contributed by atoms with Gasteiger partial charge < -0.3 is 4.90 Å². The molecule has 3 rings (SSSR count). The van der Waals surface area contributed by atoms with Crippen molar-refractivity contribution in [2.75, 3.05) is 18.0 Å². The number of nitrogens with zero attached hydrogens (tertiary/aromatic N) is 2. The van der Waals surface area contributed by atoms with E-state index in [1.807, 2.05) is 6.20 Å². The minimum atomic E-state index is 0.894. The third-order valence-electron chi connectivity index (χ3n) is 4.58. The van der Waals surface area contributed by atoms with Gasteiger partial charge in [-0.15, -0.1) is 0 Å². The van der Waals surface area contributed by atoms with E-state index in [2.05, 4.69) is 37.9 Å². The summed E-state index contributed by atoms with van der Waals surface area (Å²) in [6.45, 7) is 2.42. The van der Waals surface area contributed by atoms with E-state index in [4.69, 9.17) is 0 Å². The molecule has 1 aliphatic heterocycles. The highest BCUT2D eigenvalue weighted by Crippen LogP contribution is 2.37. The molecule has 0 N–H and O–H groups in total. The number of aromatic nitrogens is 1. The molecule has 1 saturated carbocycles. The number of pyridine rings is 1. The van der Waals surface area contributed by atoms with Crippen molar-refractivity contribution >= 4 is 21.7 Å². The molecule has 2 nitrogen and oxygen atoms in total. The molecule has 2 heterocycles. The molecule has 1 aliphatic carbocycles. The molecule has 98 valence electrons. The largest absolute Gasteiger partial charge is 0.356 e. The van der Waals surface area contributed by atoms with E-state index in [0.29, 0.717) is 0 Å². The number of hydrogen-bond acceptors (Lipinski definition) is 2. The van der Waals surface area contributed by atoms with Crippen LogP contribution < -0.4 is 4.90 Å². The summed E-state index contributed by atoms with van der Waals surface area (Å²) in [6, 6.07) is 4.36. The van der Waals surface area contributed by atoms with Crippen LogP contribution in [0.25, 0.3) is 0 Å². The number of rotatable bonds is 2. The fourth-order valence-corrected chi connectivity index (χ4v) is 3.82. The average Bonchev–Trinajstić information content (AvgIpc) is 2.47. The molecule has 0 amide bonds. The van der Waals surface area contributed by atoms with E-state index >= 15 is 0 Å². The quantitative estimate of drug-likeness (QED) is 0.768. The number of halogens is 1. The second-order valence-corrected chi connectivity index (χ2v) is 6.26. The number of anilines is 1. The molecule has 2 aliphatic rings. The van der Waals surface area contributed by atoms with Crippen molar-refractivity contribution in [3.63, 3.8) is 0 Å². The Labute approximate surface area is 118 Å². The van der Waals surface area contributed by atoms with Crippen molar-refractivity contribution in [3.05, 3.63) is 23.9 Å². The summed E-state index contributed by atoms with van der Waals surface area (Å²) in [6.07, 6.45) is 9.16. The fraction of sp³-hybridized carbons (Fsp3) is 0.667. The van der Waals surface area contributed by atoms with Crippen LogP contribution in [-0.2, 0) is 5.33 Å². The van der Waals surface area contributed by atoms with Crippen molar-refractivity contribution < 1.29 is 0 Å². The highest BCUT2D eigenvalue weighted by molar-refractivity contribution is 9.08. The maximum absolute atomic E-state index is 4.61. The predicted octanol–water partition coefficient (Wildman–Crippen LogP) is 3.99. The molecule has 3 heteroatoms. The predicted molar refractivity (Wildman–Crippen MR) is 79.1 cm³/mol. The van der Waals surface area contributed by atoms with E-state index in [1.165, 1.54) is 56.6 Å². The second-order valence-electron chi connectivity index (χ2n) is 5.70. The molecule has 0 aromatic carbocycles. The molecule has 1 saturated heterocycles. The summed E-state index contributed by atoms with van der Waals surface area (Å²) >= 11 is 3.47. The van der Waals surface area contributed by atoms with Gasteiger partial charge in [0.1, 0.15) is 5.82 Å². The SMILES string of the molecule is BrCc1ccc(N2CCC3CCCCC3C2)nc1. The molecule has 2 atom stereocenters. The lowest BCUT2D eigenvalue weighted by Crippen LogP contribution is -2.42. The first-order chi connectivity index (χ1) is 8.86. The first kappa shape index (κ1) is 12.5. The van der Waals surface area contributed by atoms with Gasteiger partial charge in [0, 0.05) is 24.6 Å². The Kier molecular flexibility index (Phi) is 3.88. The lowest BCUT2D eigenvalue weighted by atomic mass is 9.75. The highest BCUT2D eigenvalue weighted by atomic mass is 79.9. The average molecular weight is 309 g/mol. The monoisotopic (exact) mass is 308 g/mol. The Morgan fingerprint density at radius 2 is 2.00 bits per heavy atom.